The van der Waals surface area contributed by atoms with Crippen molar-refractivity contribution in [1.82, 2.24) is 0 Å². The van der Waals surface area contributed by atoms with Gasteiger partial charge in [-0.15, -0.1) is 0 Å². The fourth-order valence-corrected chi connectivity index (χ4v) is 0.915. The second-order valence-corrected chi connectivity index (χ2v) is 2.46. The van der Waals surface area contributed by atoms with Crippen LogP contribution in [0.4, 0.5) is 0 Å². The summed E-state index contributed by atoms with van der Waals surface area (Å²) in [5.41, 5.74) is 0. The molecule has 0 rings (SSSR count). The van der Waals surface area contributed by atoms with E-state index in [4.69, 9.17) is 9.47 Å². The maximum Gasteiger partial charge on any atom is 1.00 e. The second kappa shape index (κ2) is 9.49. The molecule has 78 valence electrons. The molecular formula is C9H17NaO4. The molecule has 0 unspecified atom stereocenters. The Labute approximate surface area is 108 Å². The Kier molecular flexibility index (Phi) is 11.1. The van der Waals surface area contributed by atoms with Crippen molar-refractivity contribution >= 4 is 11.9 Å². The van der Waals surface area contributed by atoms with E-state index in [2.05, 4.69) is 0 Å². The van der Waals surface area contributed by atoms with Crippen LogP contribution in [0.3, 0.4) is 0 Å². The molecule has 0 aliphatic carbocycles. The molecule has 0 saturated carbocycles. The van der Waals surface area contributed by atoms with E-state index in [-0.39, 0.29) is 44.2 Å². The molecule has 0 N–H and O–H groups in total. The Morgan fingerprint density at radius 1 is 1.07 bits per heavy atom. The van der Waals surface area contributed by atoms with E-state index in [0.29, 0.717) is 6.42 Å². The molecule has 0 aliphatic rings. The molecule has 0 spiro atoms. The largest absolute Gasteiger partial charge is 1.00 e. The van der Waals surface area contributed by atoms with Crippen molar-refractivity contribution in [2.45, 2.75) is 27.2 Å². The van der Waals surface area contributed by atoms with Crippen molar-refractivity contribution in [3.63, 3.8) is 0 Å². The minimum absolute atomic E-state index is 0. The zero-order chi connectivity index (χ0) is 10.3. The van der Waals surface area contributed by atoms with Crippen LogP contribution in [0.15, 0.2) is 0 Å². The molecule has 0 aromatic rings. The molecular weight excluding hydrogens is 195 g/mol. The van der Waals surface area contributed by atoms with Gasteiger partial charge in [-0.25, -0.2) is 0 Å². The van der Waals surface area contributed by atoms with Crippen LogP contribution in [-0.4, -0.2) is 25.2 Å². The summed E-state index contributed by atoms with van der Waals surface area (Å²) >= 11 is 0. The third-order valence-corrected chi connectivity index (χ3v) is 1.55. The van der Waals surface area contributed by atoms with Crippen molar-refractivity contribution in [3.8, 4) is 0 Å². The molecule has 0 amide bonds. The first-order valence-corrected chi connectivity index (χ1v) is 4.50. The van der Waals surface area contributed by atoms with Crippen molar-refractivity contribution in [2.24, 2.45) is 5.92 Å². The number of hydrogen-bond donors (Lipinski definition) is 0. The van der Waals surface area contributed by atoms with E-state index in [9.17, 15) is 9.59 Å². The fraction of sp³-hybridized carbons (Fsp3) is 0.778. The monoisotopic (exact) mass is 212 g/mol. The predicted octanol–water partition coefficient (Wildman–Crippen LogP) is -1.74. The SMILES string of the molecule is CCOC(=O)C(CC)C(=O)OCC.[H-].[Na+]. The van der Waals surface area contributed by atoms with Gasteiger partial charge in [0.1, 0.15) is 0 Å². The van der Waals surface area contributed by atoms with Crippen LogP contribution in [0.25, 0.3) is 0 Å². The first-order valence-electron chi connectivity index (χ1n) is 4.50. The molecule has 0 aromatic heterocycles. The zero-order valence-corrected chi connectivity index (χ0v) is 11.3. The number of carbonyl (C=O) groups excluding carboxylic acids is 2. The second-order valence-electron chi connectivity index (χ2n) is 2.46. The number of hydrogen-bond acceptors (Lipinski definition) is 4. The van der Waals surface area contributed by atoms with E-state index in [0.717, 1.165) is 0 Å². The molecule has 0 aliphatic heterocycles. The van der Waals surface area contributed by atoms with Crippen LogP contribution >= 0.6 is 0 Å². The van der Waals surface area contributed by atoms with Gasteiger partial charge < -0.3 is 10.9 Å². The van der Waals surface area contributed by atoms with Gasteiger partial charge in [0.15, 0.2) is 5.92 Å². The molecule has 0 aromatic carbocycles. The predicted molar refractivity (Wildman–Crippen MR) is 48.2 cm³/mol. The third kappa shape index (κ3) is 5.62. The Balaban J connectivity index is -0.000000720. The molecule has 0 atom stereocenters. The van der Waals surface area contributed by atoms with Crippen LogP contribution in [0.2, 0.25) is 0 Å². The average molecular weight is 212 g/mol. The first-order chi connectivity index (χ1) is 6.17. The quantitative estimate of drug-likeness (QED) is 0.308. The topological polar surface area (TPSA) is 52.6 Å². The summed E-state index contributed by atoms with van der Waals surface area (Å²) in [4.78, 5) is 22.3. The number of ether oxygens (including phenoxy) is 2. The van der Waals surface area contributed by atoms with Crippen molar-refractivity contribution in [2.75, 3.05) is 13.2 Å². The normalized spacial score (nSPS) is 9.14. The Hall–Kier alpha value is -0.0600. The summed E-state index contributed by atoms with van der Waals surface area (Å²) in [6.07, 6.45) is 0.414. The average Bonchev–Trinajstić information content (AvgIpc) is 2.06. The van der Waals surface area contributed by atoms with E-state index >= 15 is 0 Å². The van der Waals surface area contributed by atoms with Crippen LogP contribution in [0.5, 0.6) is 0 Å². The van der Waals surface area contributed by atoms with Gasteiger partial charge in [-0.2, -0.15) is 0 Å². The summed E-state index contributed by atoms with van der Waals surface area (Å²) < 4.78 is 9.45. The molecule has 14 heavy (non-hydrogen) atoms. The minimum atomic E-state index is -0.764. The van der Waals surface area contributed by atoms with Gasteiger partial charge in [-0.3, -0.25) is 9.59 Å². The van der Waals surface area contributed by atoms with Gasteiger partial charge in [0.25, 0.3) is 0 Å². The molecule has 0 radical (unpaired) electrons. The third-order valence-electron chi connectivity index (χ3n) is 1.55. The van der Waals surface area contributed by atoms with Crippen LogP contribution in [-0.2, 0) is 19.1 Å². The number of carbonyl (C=O) groups is 2. The minimum Gasteiger partial charge on any atom is -1.00 e. The smallest absolute Gasteiger partial charge is 1.00 e. The van der Waals surface area contributed by atoms with Crippen LogP contribution in [0, 0.1) is 5.92 Å². The van der Waals surface area contributed by atoms with Crippen LogP contribution < -0.4 is 29.6 Å². The summed E-state index contributed by atoms with van der Waals surface area (Å²) in [6.45, 7) is 5.73. The Morgan fingerprint density at radius 2 is 1.43 bits per heavy atom. The summed E-state index contributed by atoms with van der Waals surface area (Å²) in [5, 5.41) is 0. The molecule has 5 heteroatoms. The summed E-state index contributed by atoms with van der Waals surface area (Å²) in [5.74, 6) is -1.76. The molecule has 0 heterocycles. The van der Waals surface area contributed by atoms with Gasteiger partial charge in [0, 0.05) is 0 Å². The van der Waals surface area contributed by atoms with Gasteiger partial charge >= 0.3 is 41.5 Å². The van der Waals surface area contributed by atoms with Crippen LogP contribution in [0.1, 0.15) is 28.6 Å². The van der Waals surface area contributed by atoms with E-state index in [1.54, 1.807) is 20.8 Å². The summed E-state index contributed by atoms with van der Waals surface area (Å²) in [6, 6.07) is 0. The summed E-state index contributed by atoms with van der Waals surface area (Å²) in [7, 11) is 0. The van der Waals surface area contributed by atoms with Gasteiger partial charge in [-0.1, -0.05) is 6.92 Å². The molecule has 4 nitrogen and oxygen atoms in total. The van der Waals surface area contributed by atoms with Gasteiger partial charge in [-0.05, 0) is 20.3 Å². The number of esters is 2. The Bertz CT molecular complexity index is 169. The fourth-order valence-electron chi connectivity index (χ4n) is 0.915. The van der Waals surface area contributed by atoms with Gasteiger partial charge in [0.05, 0.1) is 13.2 Å². The first kappa shape index (κ1) is 16.4. The maximum atomic E-state index is 11.2. The van der Waals surface area contributed by atoms with E-state index in [1.165, 1.54) is 0 Å². The molecule has 0 fully saturated rings. The molecule has 0 bridgehead atoms. The van der Waals surface area contributed by atoms with Crippen molar-refractivity contribution in [3.05, 3.63) is 0 Å². The maximum absolute atomic E-state index is 11.2. The standard InChI is InChI=1S/C9H16O4.Na.H/c1-4-7(8(10)12-5-2)9(11)13-6-3;;/h7H,4-6H2,1-3H3;;/q;+1;-1. The van der Waals surface area contributed by atoms with Gasteiger partial charge in [0.2, 0.25) is 0 Å². The Morgan fingerprint density at radius 3 is 1.64 bits per heavy atom. The van der Waals surface area contributed by atoms with E-state index in [1.807, 2.05) is 0 Å². The van der Waals surface area contributed by atoms with E-state index < -0.39 is 17.9 Å². The van der Waals surface area contributed by atoms with Crippen molar-refractivity contribution in [1.29, 1.82) is 0 Å². The zero-order valence-electron chi connectivity index (χ0n) is 10.3. The van der Waals surface area contributed by atoms with Crippen molar-refractivity contribution < 1.29 is 50.0 Å². The molecule has 0 saturated heterocycles. The number of rotatable bonds is 5.